The van der Waals surface area contributed by atoms with Gasteiger partial charge in [-0.1, -0.05) is 65.7 Å². The minimum absolute atomic E-state index is 0.0899. The molecule has 0 N–H and O–H groups in total. The van der Waals surface area contributed by atoms with Gasteiger partial charge in [-0.25, -0.2) is 8.42 Å². The minimum atomic E-state index is -3.55. The van der Waals surface area contributed by atoms with Gasteiger partial charge < -0.3 is 0 Å². The molecule has 0 radical (unpaired) electrons. The highest BCUT2D eigenvalue weighted by molar-refractivity contribution is 7.89. The van der Waals surface area contributed by atoms with Crippen molar-refractivity contribution in [3.05, 3.63) is 84.0 Å². The van der Waals surface area contributed by atoms with Gasteiger partial charge in [-0.15, -0.1) is 6.58 Å². The third-order valence-electron chi connectivity index (χ3n) is 4.45. The van der Waals surface area contributed by atoms with E-state index in [2.05, 4.69) is 6.58 Å². The minimum Gasteiger partial charge on any atom is -0.207 e. The first-order valence-corrected chi connectivity index (χ1v) is 9.88. The highest BCUT2D eigenvalue weighted by Crippen LogP contribution is 2.35. The van der Waals surface area contributed by atoms with Crippen molar-refractivity contribution in [1.29, 1.82) is 0 Å². The summed E-state index contributed by atoms with van der Waals surface area (Å²) in [5, 5.41) is 0.604. The highest BCUT2D eigenvalue weighted by atomic mass is 35.5. The third-order valence-corrected chi connectivity index (χ3v) is 6.73. The van der Waals surface area contributed by atoms with Crippen molar-refractivity contribution in [2.24, 2.45) is 5.92 Å². The maximum Gasteiger partial charge on any atom is 0.243 e. The van der Waals surface area contributed by atoms with Crippen LogP contribution in [0.2, 0.25) is 0 Å². The SMILES string of the molecule is C=CC1CN(S(=O)(=O)c2ccc(C)cc2)C/C1=C(/Cl)c1ccccc1. The van der Waals surface area contributed by atoms with Crippen LogP contribution in [0.15, 0.2) is 77.7 Å². The van der Waals surface area contributed by atoms with Crippen LogP contribution in [0.3, 0.4) is 0 Å². The van der Waals surface area contributed by atoms with Crippen molar-refractivity contribution < 1.29 is 8.42 Å². The van der Waals surface area contributed by atoms with Gasteiger partial charge in [0.1, 0.15) is 0 Å². The molecule has 5 heteroatoms. The zero-order chi connectivity index (χ0) is 18.0. The normalized spacial score (nSPS) is 20.5. The molecule has 1 aliphatic heterocycles. The lowest BCUT2D eigenvalue weighted by molar-refractivity contribution is 0.471. The van der Waals surface area contributed by atoms with Crippen LogP contribution in [0.25, 0.3) is 5.03 Å². The summed E-state index contributed by atoms with van der Waals surface area (Å²) in [4.78, 5) is 0.304. The van der Waals surface area contributed by atoms with Gasteiger partial charge in [-0.3, -0.25) is 0 Å². The van der Waals surface area contributed by atoms with E-state index in [0.29, 0.717) is 16.5 Å². The molecule has 1 aliphatic rings. The Balaban J connectivity index is 1.96. The second-order valence-electron chi connectivity index (χ2n) is 6.16. The van der Waals surface area contributed by atoms with Crippen molar-refractivity contribution >= 4 is 26.7 Å². The average molecular weight is 374 g/mol. The van der Waals surface area contributed by atoms with Gasteiger partial charge in [-0.2, -0.15) is 4.31 Å². The van der Waals surface area contributed by atoms with E-state index in [1.807, 2.05) is 49.4 Å². The standard InChI is InChI=1S/C20H20ClNO2S/c1-3-16-13-22(25(23,24)18-11-9-15(2)10-12-18)14-19(16)20(21)17-7-5-4-6-8-17/h3-12,16H,1,13-14H2,2H3/b20-19-. The van der Waals surface area contributed by atoms with Crippen LogP contribution in [-0.2, 0) is 10.0 Å². The molecule has 3 nitrogen and oxygen atoms in total. The fourth-order valence-corrected chi connectivity index (χ4v) is 4.73. The van der Waals surface area contributed by atoms with Crippen molar-refractivity contribution in [3.8, 4) is 0 Å². The molecule has 1 unspecified atom stereocenters. The van der Waals surface area contributed by atoms with E-state index >= 15 is 0 Å². The predicted molar refractivity (Wildman–Crippen MR) is 103 cm³/mol. The van der Waals surface area contributed by atoms with Crippen molar-refractivity contribution in [2.45, 2.75) is 11.8 Å². The summed E-state index contributed by atoms with van der Waals surface area (Å²) in [7, 11) is -3.55. The van der Waals surface area contributed by atoms with Crippen molar-refractivity contribution in [2.75, 3.05) is 13.1 Å². The highest BCUT2D eigenvalue weighted by Gasteiger charge is 2.35. The van der Waals surface area contributed by atoms with E-state index in [-0.39, 0.29) is 12.5 Å². The smallest absolute Gasteiger partial charge is 0.207 e. The fourth-order valence-electron chi connectivity index (χ4n) is 2.96. The Bertz CT molecular complexity index is 902. The molecule has 0 saturated carbocycles. The number of halogens is 1. The molecule has 1 saturated heterocycles. The Labute approximate surface area is 154 Å². The van der Waals surface area contributed by atoms with Gasteiger partial charge in [-0.05, 0) is 30.2 Å². The second kappa shape index (κ2) is 7.16. The quantitative estimate of drug-likeness (QED) is 0.742. The molecule has 2 aromatic carbocycles. The van der Waals surface area contributed by atoms with Crippen LogP contribution in [0, 0.1) is 12.8 Å². The predicted octanol–water partition coefficient (Wildman–Crippen LogP) is 4.45. The molecular formula is C20H20ClNO2S. The van der Waals surface area contributed by atoms with E-state index in [4.69, 9.17) is 11.6 Å². The summed E-state index contributed by atoms with van der Waals surface area (Å²) >= 11 is 6.58. The molecule has 1 fully saturated rings. The largest absolute Gasteiger partial charge is 0.243 e. The average Bonchev–Trinajstić information content (AvgIpc) is 3.07. The van der Waals surface area contributed by atoms with Gasteiger partial charge in [0.2, 0.25) is 10.0 Å². The van der Waals surface area contributed by atoms with E-state index < -0.39 is 10.0 Å². The first-order valence-electron chi connectivity index (χ1n) is 8.07. The molecular weight excluding hydrogens is 354 g/mol. The van der Waals surface area contributed by atoms with E-state index in [1.165, 1.54) is 4.31 Å². The Kier molecular flexibility index (Phi) is 5.13. The Morgan fingerprint density at radius 2 is 1.80 bits per heavy atom. The lowest BCUT2D eigenvalue weighted by atomic mass is 10.0. The molecule has 0 bridgehead atoms. The first kappa shape index (κ1) is 17.9. The summed E-state index contributed by atoms with van der Waals surface area (Å²) in [6, 6.07) is 16.5. The number of hydrogen-bond acceptors (Lipinski definition) is 2. The fraction of sp³-hybridized carbons (Fsp3) is 0.200. The van der Waals surface area contributed by atoms with Gasteiger partial charge in [0, 0.05) is 24.0 Å². The van der Waals surface area contributed by atoms with Crippen LogP contribution in [0.1, 0.15) is 11.1 Å². The van der Waals surface area contributed by atoms with Crippen LogP contribution in [0.5, 0.6) is 0 Å². The maximum atomic E-state index is 12.9. The molecule has 1 atom stereocenters. The summed E-state index contributed by atoms with van der Waals surface area (Å²) in [6.45, 7) is 6.42. The summed E-state index contributed by atoms with van der Waals surface area (Å²) < 4.78 is 27.4. The van der Waals surface area contributed by atoms with E-state index in [9.17, 15) is 8.42 Å². The van der Waals surface area contributed by atoms with Crippen LogP contribution >= 0.6 is 11.6 Å². The lowest BCUT2D eigenvalue weighted by Gasteiger charge is -2.15. The molecule has 0 aromatic heterocycles. The Hall–Kier alpha value is -1.88. The Morgan fingerprint density at radius 3 is 2.40 bits per heavy atom. The number of sulfonamides is 1. The zero-order valence-corrected chi connectivity index (χ0v) is 15.6. The molecule has 0 spiro atoms. The monoisotopic (exact) mass is 373 g/mol. The van der Waals surface area contributed by atoms with E-state index in [0.717, 1.165) is 16.7 Å². The molecule has 3 rings (SSSR count). The van der Waals surface area contributed by atoms with Crippen molar-refractivity contribution in [3.63, 3.8) is 0 Å². The molecule has 0 amide bonds. The molecule has 130 valence electrons. The number of hydrogen-bond donors (Lipinski definition) is 0. The maximum absolute atomic E-state index is 12.9. The Morgan fingerprint density at radius 1 is 1.16 bits per heavy atom. The molecule has 2 aromatic rings. The zero-order valence-electron chi connectivity index (χ0n) is 14.0. The van der Waals surface area contributed by atoms with Gasteiger partial charge in [0.05, 0.1) is 4.90 Å². The first-order chi connectivity index (χ1) is 11.9. The topological polar surface area (TPSA) is 37.4 Å². The summed E-state index contributed by atoms with van der Waals surface area (Å²) in [6.07, 6.45) is 1.77. The number of benzene rings is 2. The third kappa shape index (κ3) is 3.56. The van der Waals surface area contributed by atoms with Gasteiger partial charge in [0.15, 0.2) is 0 Å². The number of rotatable bonds is 4. The molecule has 1 heterocycles. The van der Waals surface area contributed by atoms with Crippen molar-refractivity contribution in [1.82, 2.24) is 4.31 Å². The summed E-state index contributed by atoms with van der Waals surface area (Å²) in [5.74, 6) is -0.0899. The molecule has 25 heavy (non-hydrogen) atoms. The second-order valence-corrected chi connectivity index (χ2v) is 8.47. The van der Waals surface area contributed by atoms with Crippen LogP contribution < -0.4 is 0 Å². The lowest BCUT2D eigenvalue weighted by Crippen LogP contribution is -2.28. The number of aryl methyl sites for hydroxylation is 1. The summed E-state index contributed by atoms with van der Waals surface area (Å²) in [5.41, 5.74) is 2.80. The number of nitrogens with zero attached hydrogens (tertiary/aromatic N) is 1. The molecule has 0 aliphatic carbocycles. The van der Waals surface area contributed by atoms with Crippen LogP contribution in [0.4, 0.5) is 0 Å². The van der Waals surface area contributed by atoms with Crippen LogP contribution in [-0.4, -0.2) is 25.8 Å². The van der Waals surface area contributed by atoms with Gasteiger partial charge in [0.25, 0.3) is 0 Å². The van der Waals surface area contributed by atoms with Gasteiger partial charge >= 0.3 is 0 Å². The van der Waals surface area contributed by atoms with E-state index in [1.54, 1.807) is 18.2 Å².